The van der Waals surface area contributed by atoms with Gasteiger partial charge in [-0.2, -0.15) is 0 Å². The molecule has 1 fully saturated rings. The molecule has 0 aromatic heterocycles. The van der Waals surface area contributed by atoms with Gasteiger partial charge in [0.25, 0.3) is 0 Å². The topological polar surface area (TPSA) is 56.5 Å². The summed E-state index contributed by atoms with van der Waals surface area (Å²) in [6, 6.07) is 6.20. The lowest BCUT2D eigenvalue weighted by molar-refractivity contribution is -0.0834. The molecule has 5 heteroatoms. The van der Waals surface area contributed by atoms with E-state index in [1.54, 1.807) is 14.2 Å². The third-order valence-corrected chi connectivity index (χ3v) is 5.04. The van der Waals surface area contributed by atoms with E-state index in [9.17, 15) is 0 Å². The Morgan fingerprint density at radius 2 is 2.15 bits per heavy atom. The number of halogens is 1. The summed E-state index contributed by atoms with van der Waals surface area (Å²) in [5.41, 5.74) is 4.14. The number of methoxy groups -OCH3 is 2. The molecule has 0 bridgehead atoms. The third kappa shape index (κ3) is 3.52. The fraction of sp³-hybridized carbons (Fsp3) is 0.600. The summed E-state index contributed by atoms with van der Waals surface area (Å²) in [4.78, 5) is 0. The first-order valence-corrected chi connectivity index (χ1v) is 7.75. The van der Waals surface area contributed by atoms with Crippen LogP contribution in [0, 0.1) is 0 Å². The molecule has 1 aliphatic rings. The quantitative estimate of drug-likeness (QED) is 0.590. The number of hydrogen-bond acceptors (Lipinski definition) is 4. The van der Waals surface area contributed by atoms with E-state index in [0.717, 1.165) is 35.9 Å². The Morgan fingerprint density at radius 3 is 2.65 bits per heavy atom. The van der Waals surface area contributed by atoms with E-state index in [4.69, 9.17) is 15.3 Å². The van der Waals surface area contributed by atoms with E-state index in [1.807, 2.05) is 12.1 Å². The molecule has 1 atom stereocenters. The number of nitrogens with one attached hydrogen (secondary N) is 1. The average molecular weight is 343 g/mol. The Morgan fingerprint density at radius 1 is 1.40 bits per heavy atom. The Hall–Kier alpha value is -0.620. The van der Waals surface area contributed by atoms with Crippen molar-refractivity contribution in [2.75, 3.05) is 14.2 Å². The van der Waals surface area contributed by atoms with Crippen LogP contribution in [0.5, 0.6) is 5.75 Å². The van der Waals surface area contributed by atoms with Crippen LogP contribution in [0.15, 0.2) is 22.7 Å². The maximum absolute atomic E-state index is 5.73. The maximum atomic E-state index is 5.73. The molecule has 2 rings (SSSR count). The van der Waals surface area contributed by atoms with Crippen LogP contribution >= 0.6 is 15.9 Å². The van der Waals surface area contributed by atoms with Gasteiger partial charge in [0.2, 0.25) is 0 Å². The molecule has 1 unspecified atom stereocenters. The molecule has 4 nitrogen and oxygen atoms in total. The van der Waals surface area contributed by atoms with E-state index in [2.05, 4.69) is 27.4 Å². The molecule has 1 aliphatic carbocycles. The summed E-state index contributed by atoms with van der Waals surface area (Å²) >= 11 is 3.59. The Balaban J connectivity index is 2.06. The molecule has 3 N–H and O–H groups in total. The van der Waals surface area contributed by atoms with E-state index in [0.29, 0.717) is 0 Å². The van der Waals surface area contributed by atoms with Crippen molar-refractivity contribution in [3.8, 4) is 5.75 Å². The Bertz CT molecular complexity index is 444. The van der Waals surface area contributed by atoms with Crippen molar-refractivity contribution in [3.05, 3.63) is 28.2 Å². The number of rotatable bonds is 7. The van der Waals surface area contributed by atoms with Crippen molar-refractivity contribution in [2.45, 2.75) is 43.7 Å². The first-order chi connectivity index (χ1) is 9.62. The zero-order chi connectivity index (χ0) is 14.6. The molecule has 0 heterocycles. The smallest absolute Gasteiger partial charge is 0.119 e. The Labute approximate surface area is 129 Å². The molecule has 1 saturated carbocycles. The molecule has 0 radical (unpaired) electrons. The minimum absolute atomic E-state index is 0.0162. The zero-order valence-electron chi connectivity index (χ0n) is 12.1. The summed E-state index contributed by atoms with van der Waals surface area (Å²) in [6.45, 7) is 0. The minimum Gasteiger partial charge on any atom is -0.497 e. The van der Waals surface area contributed by atoms with Gasteiger partial charge < -0.3 is 9.47 Å². The van der Waals surface area contributed by atoms with Crippen LogP contribution in [0.2, 0.25) is 0 Å². The number of hydrogen-bond donors (Lipinski definition) is 2. The van der Waals surface area contributed by atoms with Crippen molar-refractivity contribution in [1.82, 2.24) is 5.43 Å². The van der Waals surface area contributed by atoms with Gasteiger partial charge in [0.1, 0.15) is 5.75 Å². The second-order valence-corrected chi connectivity index (χ2v) is 6.32. The van der Waals surface area contributed by atoms with Crippen LogP contribution in [0.4, 0.5) is 0 Å². The monoisotopic (exact) mass is 342 g/mol. The normalized spacial score (nSPS) is 18.4. The van der Waals surface area contributed by atoms with Crippen LogP contribution in [0.3, 0.4) is 0 Å². The molecule has 0 spiro atoms. The molecular weight excluding hydrogens is 320 g/mol. The number of hydrazine groups is 1. The molecule has 0 amide bonds. The third-order valence-electron chi connectivity index (χ3n) is 4.27. The van der Waals surface area contributed by atoms with Crippen molar-refractivity contribution >= 4 is 15.9 Å². The SMILES string of the molecule is COc1ccc(Br)c(CC(CC2(OC)CCC2)NN)c1. The lowest BCUT2D eigenvalue weighted by atomic mass is 9.75. The summed E-state index contributed by atoms with van der Waals surface area (Å²) in [6.07, 6.45) is 5.28. The van der Waals surface area contributed by atoms with Gasteiger partial charge in [-0.15, -0.1) is 0 Å². The fourth-order valence-corrected chi connectivity index (χ4v) is 3.21. The molecule has 112 valence electrons. The largest absolute Gasteiger partial charge is 0.497 e. The zero-order valence-corrected chi connectivity index (χ0v) is 13.7. The molecule has 0 saturated heterocycles. The lowest BCUT2D eigenvalue weighted by Gasteiger charge is -2.42. The second kappa shape index (κ2) is 6.89. The van der Waals surface area contributed by atoms with E-state index >= 15 is 0 Å². The van der Waals surface area contributed by atoms with Gasteiger partial charge in [0.15, 0.2) is 0 Å². The predicted molar refractivity (Wildman–Crippen MR) is 83.7 cm³/mol. The highest BCUT2D eigenvalue weighted by atomic mass is 79.9. The van der Waals surface area contributed by atoms with Gasteiger partial charge in [-0.3, -0.25) is 11.3 Å². The number of benzene rings is 1. The highest BCUT2D eigenvalue weighted by Gasteiger charge is 2.38. The van der Waals surface area contributed by atoms with Crippen LogP contribution in [-0.4, -0.2) is 25.9 Å². The summed E-state index contributed by atoms with van der Waals surface area (Å²) < 4.78 is 12.1. The first kappa shape index (κ1) is 15.8. The van der Waals surface area contributed by atoms with E-state index < -0.39 is 0 Å². The van der Waals surface area contributed by atoms with E-state index in [1.165, 1.54) is 12.0 Å². The van der Waals surface area contributed by atoms with Gasteiger partial charge in [-0.1, -0.05) is 15.9 Å². The number of ether oxygens (including phenoxy) is 2. The average Bonchev–Trinajstić information content (AvgIpc) is 2.43. The minimum atomic E-state index is 0.0162. The fourth-order valence-electron chi connectivity index (χ4n) is 2.80. The first-order valence-electron chi connectivity index (χ1n) is 6.96. The van der Waals surface area contributed by atoms with Crippen LogP contribution in [0.1, 0.15) is 31.2 Å². The number of nitrogens with two attached hydrogens (primary N) is 1. The molecule has 20 heavy (non-hydrogen) atoms. The van der Waals surface area contributed by atoms with Gasteiger partial charge >= 0.3 is 0 Å². The van der Waals surface area contributed by atoms with Crippen LogP contribution < -0.4 is 16.0 Å². The van der Waals surface area contributed by atoms with Crippen molar-refractivity contribution in [1.29, 1.82) is 0 Å². The standard InChI is InChI=1S/C15H23BrN2O2/c1-19-13-4-5-14(16)11(9-13)8-12(18-17)10-15(20-2)6-3-7-15/h4-5,9,12,18H,3,6-8,10,17H2,1-2H3. The predicted octanol–water partition coefficient (Wildman–Crippen LogP) is 2.79. The summed E-state index contributed by atoms with van der Waals surface area (Å²) in [5.74, 6) is 6.59. The second-order valence-electron chi connectivity index (χ2n) is 5.47. The van der Waals surface area contributed by atoms with E-state index in [-0.39, 0.29) is 11.6 Å². The van der Waals surface area contributed by atoms with Crippen molar-refractivity contribution < 1.29 is 9.47 Å². The summed E-state index contributed by atoms with van der Waals surface area (Å²) in [7, 11) is 3.48. The highest BCUT2D eigenvalue weighted by molar-refractivity contribution is 9.10. The van der Waals surface area contributed by atoms with Crippen LogP contribution in [-0.2, 0) is 11.2 Å². The van der Waals surface area contributed by atoms with Crippen LogP contribution in [0.25, 0.3) is 0 Å². The van der Waals surface area contributed by atoms with Crippen molar-refractivity contribution in [3.63, 3.8) is 0 Å². The summed E-state index contributed by atoms with van der Waals surface area (Å²) in [5, 5.41) is 0. The molecule has 0 aliphatic heterocycles. The Kier molecular flexibility index (Phi) is 5.43. The maximum Gasteiger partial charge on any atom is 0.119 e. The molecular formula is C15H23BrN2O2. The van der Waals surface area contributed by atoms with Gasteiger partial charge in [0.05, 0.1) is 12.7 Å². The lowest BCUT2D eigenvalue weighted by Crippen LogP contribution is -2.48. The van der Waals surface area contributed by atoms with Gasteiger partial charge in [-0.25, -0.2) is 0 Å². The highest BCUT2D eigenvalue weighted by Crippen LogP contribution is 2.39. The van der Waals surface area contributed by atoms with Gasteiger partial charge in [-0.05, 0) is 55.9 Å². The van der Waals surface area contributed by atoms with Crippen molar-refractivity contribution in [2.24, 2.45) is 5.84 Å². The van der Waals surface area contributed by atoms with Gasteiger partial charge in [0, 0.05) is 17.6 Å². The molecule has 1 aromatic rings. The molecule has 1 aromatic carbocycles.